The highest BCUT2D eigenvalue weighted by Crippen LogP contribution is 2.12. The van der Waals surface area contributed by atoms with E-state index in [-0.39, 0.29) is 5.91 Å². The smallest absolute Gasteiger partial charge is 0.255 e. The zero-order valence-electron chi connectivity index (χ0n) is 9.35. The maximum atomic E-state index is 11.9. The number of carbonyl (C=O) groups is 1. The Kier molecular flexibility index (Phi) is 3.95. The summed E-state index contributed by atoms with van der Waals surface area (Å²) < 4.78 is 1.08. The number of halogens is 1. The topological polar surface area (TPSA) is 52.9 Å². The Morgan fingerprint density at radius 1 is 1.17 bits per heavy atom. The monoisotopic (exact) mass is 348 g/mol. The summed E-state index contributed by atoms with van der Waals surface area (Å²) in [5, 5.41) is 11.5. The van der Waals surface area contributed by atoms with Crippen LogP contribution in [0.5, 0.6) is 0 Å². The molecular formula is C14H9IN2O. The van der Waals surface area contributed by atoms with Crippen LogP contribution in [-0.2, 0) is 0 Å². The molecule has 1 amide bonds. The number of anilines is 1. The van der Waals surface area contributed by atoms with Crippen LogP contribution < -0.4 is 5.32 Å². The van der Waals surface area contributed by atoms with Crippen LogP contribution in [0.2, 0.25) is 0 Å². The first-order chi connectivity index (χ1) is 8.69. The van der Waals surface area contributed by atoms with Crippen LogP contribution in [0.25, 0.3) is 0 Å². The van der Waals surface area contributed by atoms with Crippen LogP contribution in [0.1, 0.15) is 15.9 Å². The van der Waals surface area contributed by atoms with E-state index in [1.807, 2.05) is 18.2 Å². The normalized spacial score (nSPS) is 9.56. The first-order valence-corrected chi connectivity index (χ1v) is 6.34. The molecule has 0 aliphatic carbocycles. The van der Waals surface area contributed by atoms with Gasteiger partial charge in [-0.2, -0.15) is 5.26 Å². The number of hydrogen-bond donors (Lipinski definition) is 1. The van der Waals surface area contributed by atoms with Gasteiger partial charge in [0.15, 0.2) is 0 Å². The van der Waals surface area contributed by atoms with Gasteiger partial charge in [0.2, 0.25) is 0 Å². The van der Waals surface area contributed by atoms with Crippen molar-refractivity contribution < 1.29 is 4.79 Å². The minimum Gasteiger partial charge on any atom is -0.322 e. The molecule has 0 saturated carbocycles. The molecule has 0 atom stereocenters. The first kappa shape index (κ1) is 12.6. The molecule has 4 heteroatoms. The standard InChI is InChI=1S/C14H9IN2O/c15-12-6-4-11(5-7-12)14(18)17-13-3-1-2-10(8-13)9-16/h1-8H,(H,17,18). The van der Waals surface area contributed by atoms with E-state index in [4.69, 9.17) is 5.26 Å². The summed E-state index contributed by atoms with van der Waals surface area (Å²) >= 11 is 2.19. The van der Waals surface area contributed by atoms with Crippen LogP contribution in [-0.4, -0.2) is 5.91 Å². The third kappa shape index (κ3) is 3.08. The molecule has 0 fully saturated rings. The first-order valence-electron chi connectivity index (χ1n) is 5.26. The molecule has 2 aromatic carbocycles. The van der Waals surface area contributed by atoms with E-state index in [0.29, 0.717) is 16.8 Å². The number of nitrogens with one attached hydrogen (secondary N) is 1. The molecule has 0 aromatic heterocycles. The summed E-state index contributed by atoms with van der Waals surface area (Å²) in [5.41, 5.74) is 1.74. The van der Waals surface area contributed by atoms with Crippen molar-refractivity contribution in [1.82, 2.24) is 0 Å². The highest BCUT2D eigenvalue weighted by Gasteiger charge is 2.05. The minimum atomic E-state index is -0.179. The second kappa shape index (κ2) is 5.65. The predicted molar refractivity (Wildman–Crippen MR) is 78.3 cm³/mol. The van der Waals surface area contributed by atoms with Gasteiger partial charge in [0, 0.05) is 14.8 Å². The molecule has 3 nitrogen and oxygen atoms in total. The summed E-state index contributed by atoms with van der Waals surface area (Å²) in [6.07, 6.45) is 0. The molecule has 0 aliphatic heterocycles. The van der Waals surface area contributed by atoms with E-state index in [9.17, 15) is 4.79 Å². The van der Waals surface area contributed by atoms with Crippen LogP contribution >= 0.6 is 22.6 Å². The molecule has 0 heterocycles. The molecule has 0 saturated heterocycles. The maximum absolute atomic E-state index is 11.9. The lowest BCUT2D eigenvalue weighted by Gasteiger charge is -2.05. The van der Waals surface area contributed by atoms with Crippen molar-refractivity contribution in [3.63, 3.8) is 0 Å². The number of benzene rings is 2. The minimum absolute atomic E-state index is 0.179. The second-order valence-electron chi connectivity index (χ2n) is 3.65. The van der Waals surface area contributed by atoms with Crippen LogP contribution in [0.3, 0.4) is 0 Å². The molecular weight excluding hydrogens is 339 g/mol. The van der Waals surface area contributed by atoms with Crippen molar-refractivity contribution >= 4 is 34.2 Å². The fraction of sp³-hybridized carbons (Fsp3) is 0. The lowest BCUT2D eigenvalue weighted by Crippen LogP contribution is -2.11. The third-order valence-electron chi connectivity index (χ3n) is 2.36. The number of rotatable bonds is 2. The summed E-state index contributed by atoms with van der Waals surface area (Å²) in [6.45, 7) is 0. The Bertz CT molecular complexity index is 614. The molecule has 2 aromatic rings. The Morgan fingerprint density at radius 2 is 1.89 bits per heavy atom. The van der Waals surface area contributed by atoms with E-state index in [1.165, 1.54) is 0 Å². The number of hydrogen-bond acceptors (Lipinski definition) is 2. The van der Waals surface area contributed by atoms with Gasteiger partial charge in [0.1, 0.15) is 0 Å². The van der Waals surface area contributed by atoms with Crippen LogP contribution in [0, 0.1) is 14.9 Å². The van der Waals surface area contributed by atoms with E-state index in [1.54, 1.807) is 36.4 Å². The second-order valence-corrected chi connectivity index (χ2v) is 4.90. The summed E-state index contributed by atoms with van der Waals surface area (Å²) in [4.78, 5) is 11.9. The van der Waals surface area contributed by atoms with Crippen molar-refractivity contribution in [3.05, 3.63) is 63.2 Å². The quantitative estimate of drug-likeness (QED) is 0.846. The summed E-state index contributed by atoms with van der Waals surface area (Å²) in [6, 6.07) is 16.2. The Morgan fingerprint density at radius 3 is 2.56 bits per heavy atom. The summed E-state index contributed by atoms with van der Waals surface area (Å²) in [7, 11) is 0. The van der Waals surface area contributed by atoms with Gasteiger partial charge in [-0.05, 0) is 65.1 Å². The van der Waals surface area contributed by atoms with Gasteiger partial charge in [-0.1, -0.05) is 6.07 Å². The van der Waals surface area contributed by atoms with Gasteiger partial charge in [0.05, 0.1) is 11.6 Å². The van der Waals surface area contributed by atoms with Gasteiger partial charge < -0.3 is 5.32 Å². The Balaban J connectivity index is 2.16. The molecule has 0 radical (unpaired) electrons. The van der Waals surface area contributed by atoms with Gasteiger partial charge in [-0.25, -0.2) is 0 Å². The summed E-state index contributed by atoms with van der Waals surface area (Å²) in [5.74, 6) is -0.179. The van der Waals surface area contributed by atoms with Gasteiger partial charge in [-0.3, -0.25) is 4.79 Å². The van der Waals surface area contributed by atoms with Crippen molar-refractivity contribution in [2.45, 2.75) is 0 Å². The number of carbonyl (C=O) groups excluding carboxylic acids is 1. The number of amides is 1. The van der Waals surface area contributed by atoms with Gasteiger partial charge in [0.25, 0.3) is 5.91 Å². The fourth-order valence-electron chi connectivity index (χ4n) is 1.47. The zero-order valence-corrected chi connectivity index (χ0v) is 11.5. The third-order valence-corrected chi connectivity index (χ3v) is 3.08. The van der Waals surface area contributed by atoms with E-state index < -0.39 is 0 Å². The zero-order chi connectivity index (χ0) is 13.0. The van der Waals surface area contributed by atoms with Gasteiger partial charge in [-0.15, -0.1) is 0 Å². The Labute approximate surface area is 119 Å². The number of nitrogens with zero attached hydrogens (tertiary/aromatic N) is 1. The predicted octanol–water partition coefficient (Wildman–Crippen LogP) is 3.42. The maximum Gasteiger partial charge on any atom is 0.255 e. The lowest BCUT2D eigenvalue weighted by atomic mass is 10.2. The van der Waals surface area contributed by atoms with E-state index in [2.05, 4.69) is 27.9 Å². The highest BCUT2D eigenvalue weighted by molar-refractivity contribution is 14.1. The van der Waals surface area contributed by atoms with E-state index in [0.717, 1.165) is 3.57 Å². The molecule has 18 heavy (non-hydrogen) atoms. The molecule has 0 bridgehead atoms. The van der Waals surface area contributed by atoms with Crippen LogP contribution in [0.4, 0.5) is 5.69 Å². The average Bonchev–Trinajstić information content (AvgIpc) is 2.39. The number of nitriles is 1. The lowest BCUT2D eigenvalue weighted by molar-refractivity contribution is 0.102. The van der Waals surface area contributed by atoms with Crippen LogP contribution in [0.15, 0.2) is 48.5 Å². The van der Waals surface area contributed by atoms with Crippen molar-refractivity contribution in [2.75, 3.05) is 5.32 Å². The molecule has 0 unspecified atom stereocenters. The van der Waals surface area contributed by atoms with Crippen molar-refractivity contribution in [3.8, 4) is 6.07 Å². The molecule has 0 spiro atoms. The highest BCUT2D eigenvalue weighted by atomic mass is 127. The average molecular weight is 348 g/mol. The van der Waals surface area contributed by atoms with Crippen molar-refractivity contribution in [1.29, 1.82) is 5.26 Å². The molecule has 2 rings (SSSR count). The molecule has 1 N–H and O–H groups in total. The van der Waals surface area contributed by atoms with Crippen molar-refractivity contribution in [2.24, 2.45) is 0 Å². The van der Waals surface area contributed by atoms with Gasteiger partial charge >= 0.3 is 0 Å². The SMILES string of the molecule is N#Cc1cccc(NC(=O)c2ccc(I)cc2)c1. The molecule has 0 aliphatic rings. The molecule has 88 valence electrons. The largest absolute Gasteiger partial charge is 0.322 e. The Hall–Kier alpha value is -1.87. The van der Waals surface area contributed by atoms with E-state index >= 15 is 0 Å². The fourth-order valence-corrected chi connectivity index (χ4v) is 1.83.